The number of piperazine rings is 1. The van der Waals surface area contributed by atoms with E-state index >= 15 is 0 Å². The molecule has 2 fully saturated rings. The molecule has 2 saturated heterocycles. The van der Waals surface area contributed by atoms with Gasteiger partial charge >= 0.3 is 0 Å². The predicted molar refractivity (Wildman–Crippen MR) is 97.4 cm³/mol. The van der Waals surface area contributed by atoms with E-state index in [0.29, 0.717) is 18.2 Å². The lowest BCUT2D eigenvalue weighted by Crippen LogP contribution is -2.61. The Morgan fingerprint density at radius 3 is 2.62 bits per heavy atom. The first-order chi connectivity index (χ1) is 11.7. The van der Waals surface area contributed by atoms with Gasteiger partial charge < -0.3 is 5.32 Å². The molecule has 4 unspecified atom stereocenters. The van der Waals surface area contributed by atoms with Crippen LogP contribution in [0.2, 0.25) is 0 Å². The van der Waals surface area contributed by atoms with Crippen LogP contribution in [0.5, 0.6) is 0 Å². The Balaban J connectivity index is 1.52. The highest BCUT2D eigenvalue weighted by Gasteiger charge is 2.28. The monoisotopic (exact) mass is 332 g/mol. The van der Waals surface area contributed by atoms with Crippen molar-refractivity contribution in [3.63, 3.8) is 0 Å². The summed E-state index contributed by atoms with van der Waals surface area (Å²) >= 11 is 0. The summed E-state index contributed by atoms with van der Waals surface area (Å²) in [6, 6.07) is 9.87. The Labute approximate surface area is 146 Å². The Hall–Kier alpha value is -0.980. The summed E-state index contributed by atoms with van der Waals surface area (Å²) in [4.78, 5) is 5.90. The van der Waals surface area contributed by atoms with E-state index in [0.717, 1.165) is 26.1 Å². The van der Waals surface area contributed by atoms with Crippen molar-refractivity contribution < 1.29 is 4.84 Å². The van der Waals surface area contributed by atoms with Crippen molar-refractivity contribution in [2.75, 3.05) is 20.1 Å². The van der Waals surface area contributed by atoms with Crippen LogP contribution in [-0.4, -0.2) is 43.4 Å². The fourth-order valence-corrected chi connectivity index (χ4v) is 3.62. The first-order valence-electron chi connectivity index (χ1n) is 9.36. The van der Waals surface area contributed by atoms with Crippen LogP contribution in [0.1, 0.15) is 50.3 Å². The SMILES string of the molecule is CCCC1NCCNC1NCc1ccc(C2CC(C)N(C)O2)cc1. The fourth-order valence-electron chi connectivity index (χ4n) is 3.62. The number of hydroxylamine groups is 2. The van der Waals surface area contributed by atoms with Crippen LogP contribution in [0.4, 0.5) is 0 Å². The molecule has 0 radical (unpaired) electrons. The van der Waals surface area contributed by atoms with Gasteiger partial charge in [-0.05, 0) is 30.9 Å². The molecule has 1 aromatic rings. The van der Waals surface area contributed by atoms with Crippen LogP contribution >= 0.6 is 0 Å². The molecule has 0 spiro atoms. The van der Waals surface area contributed by atoms with Gasteiger partial charge in [0.15, 0.2) is 0 Å². The van der Waals surface area contributed by atoms with Crippen LogP contribution < -0.4 is 16.0 Å². The van der Waals surface area contributed by atoms with E-state index in [4.69, 9.17) is 4.84 Å². The van der Waals surface area contributed by atoms with E-state index < -0.39 is 0 Å². The molecule has 0 aliphatic carbocycles. The van der Waals surface area contributed by atoms with Crippen LogP contribution in [0.25, 0.3) is 0 Å². The molecule has 0 aromatic heterocycles. The van der Waals surface area contributed by atoms with Crippen LogP contribution in [0.3, 0.4) is 0 Å². The minimum Gasteiger partial charge on any atom is -0.310 e. The maximum absolute atomic E-state index is 5.90. The molecule has 2 heterocycles. The van der Waals surface area contributed by atoms with E-state index in [1.807, 2.05) is 12.1 Å². The van der Waals surface area contributed by atoms with Gasteiger partial charge in [-0.2, -0.15) is 5.06 Å². The predicted octanol–water partition coefficient (Wildman–Crippen LogP) is 2.16. The van der Waals surface area contributed by atoms with Crippen molar-refractivity contribution in [3.05, 3.63) is 35.4 Å². The van der Waals surface area contributed by atoms with Crippen molar-refractivity contribution >= 4 is 0 Å². The molecule has 0 saturated carbocycles. The second kappa shape index (κ2) is 8.41. The standard InChI is InChI=1S/C19H32N4O/c1-4-5-17-19(21-11-10-20-17)22-13-15-6-8-16(9-7-15)18-12-14(2)23(3)24-18/h6-9,14,17-22H,4-5,10-13H2,1-3H3. The number of nitrogens with zero attached hydrogens (tertiary/aromatic N) is 1. The van der Waals surface area contributed by atoms with Gasteiger partial charge in [0.1, 0.15) is 6.10 Å². The number of hydrogen-bond acceptors (Lipinski definition) is 5. The molecule has 24 heavy (non-hydrogen) atoms. The molecule has 3 rings (SSSR count). The molecule has 0 bridgehead atoms. The summed E-state index contributed by atoms with van der Waals surface area (Å²) in [6.07, 6.45) is 4.02. The van der Waals surface area contributed by atoms with E-state index in [1.165, 1.54) is 24.0 Å². The van der Waals surface area contributed by atoms with Crippen molar-refractivity contribution in [1.82, 2.24) is 21.0 Å². The minimum atomic E-state index is 0.199. The van der Waals surface area contributed by atoms with E-state index in [2.05, 4.69) is 54.1 Å². The lowest BCUT2D eigenvalue weighted by molar-refractivity contribution is -0.142. The summed E-state index contributed by atoms with van der Waals surface area (Å²) in [7, 11) is 2.01. The molecule has 0 amide bonds. The van der Waals surface area contributed by atoms with Crippen molar-refractivity contribution in [2.45, 2.75) is 64.0 Å². The summed E-state index contributed by atoms with van der Waals surface area (Å²) in [5.74, 6) is 0. The zero-order valence-corrected chi connectivity index (χ0v) is 15.2. The third-order valence-corrected chi connectivity index (χ3v) is 5.24. The first-order valence-corrected chi connectivity index (χ1v) is 9.36. The molecule has 3 N–H and O–H groups in total. The normalized spacial score (nSPS) is 31.5. The van der Waals surface area contributed by atoms with E-state index in [-0.39, 0.29) is 6.10 Å². The second-order valence-electron chi connectivity index (χ2n) is 7.13. The van der Waals surface area contributed by atoms with Crippen molar-refractivity contribution in [2.24, 2.45) is 0 Å². The smallest absolute Gasteiger partial charge is 0.106 e. The van der Waals surface area contributed by atoms with Crippen LogP contribution in [-0.2, 0) is 11.4 Å². The highest BCUT2D eigenvalue weighted by atomic mass is 16.7. The lowest BCUT2D eigenvalue weighted by atomic mass is 10.0. The topological polar surface area (TPSA) is 48.6 Å². The number of rotatable bonds is 6. The van der Waals surface area contributed by atoms with Gasteiger partial charge in [0.25, 0.3) is 0 Å². The molecule has 2 aliphatic heterocycles. The fraction of sp³-hybridized carbons (Fsp3) is 0.684. The molecular weight excluding hydrogens is 300 g/mol. The highest BCUT2D eigenvalue weighted by molar-refractivity contribution is 5.25. The van der Waals surface area contributed by atoms with Crippen LogP contribution in [0, 0.1) is 0 Å². The number of benzene rings is 1. The quantitative estimate of drug-likeness (QED) is 0.745. The molecule has 5 heteroatoms. The Morgan fingerprint density at radius 1 is 1.21 bits per heavy atom. The Kier molecular flexibility index (Phi) is 6.25. The third kappa shape index (κ3) is 4.35. The summed E-state index contributed by atoms with van der Waals surface area (Å²) in [5, 5.41) is 12.8. The Morgan fingerprint density at radius 2 is 1.96 bits per heavy atom. The number of hydrogen-bond donors (Lipinski definition) is 3. The second-order valence-corrected chi connectivity index (χ2v) is 7.13. The van der Waals surface area contributed by atoms with Gasteiger partial charge in [-0.15, -0.1) is 0 Å². The average Bonchev–Trinajstić information content (AvgIpc) is 2.94. The summed E-state index contributed by atoms with van der Waals surface area (Å²) in [5.41, 5.74) is 2.59. The molecule has 1 aromatic carbocycles. The maximum Gasteiger partial charge on any atom is 0.106 e. The average molecular weight is 332 g/mol. The van der Waals surface area contributed by atoms with Gasteiger partial charge in [-0.1, -0.05) is 37.6 Å². The molecule has 5 nitrogen and oxygen atoms in total. The maximum atomic E-state index is 5.90. The third-order valence-electron chi connectivity index (χ3n) is 5.24. The molecule has 134 valence electrons. The van der Waals surface area contributed by atoms with Crippen molar-refractivity contribution in [1.29, 1.82) is 0 Å². The van der Waals surface area contributed by atoms with Crippen LogP contribution in [0.15, 0.2) is 24.3 Å². The van der Waals surface area contributed by atoms with Gasteiger partial charge in [0.2, 0.25) is 0 Å². The molecule has 2 aliphatic rings. The highest BCUT2D eigenvalue weighted by Crippen LogP contribution is 2.31. The first kappa shape index (κ1) is 17.8. The largest absolute Gasteiger partial charge is 0.310 e. The Bertz CT molecular complexity index is 495. The van der Waals surface area contributed by atoms with Gasteiger partial charge in [0, 0.05) is 38.8 Å². The van der Waals surface area contributed by atoms with E-state index in [9.17, 15) is 0 Å². The zero-order valence-electron chi connectivity index (χ0n) is 15.2. The number of nitrogens with one attached hydrogen (secondary N) is 3. The van der Waals surface area contributed by atoms with Gasteiger partial charge in [-0.25, -0.2) is 0 Å². The minimum absolute atomic E-state index is 0.199. The lowest BCUT2D eigenvalue weighted by Gasteiger charge is -2.34. The van der Waals surface area contributed by atoms with Gasteiger partial charge in [-0.3, -0.25) is 15.5 Å². The summed E-state index contributed by atoms with van der Waals surface area (Å²) in [6.45, 7) is 7.43. The summed E-state index contributed by atoms with van der Waals surface area (Å²) < 4.78 is 0. The molecule has 4 atom stereocenters. The zero-order chi connectivity index (χ0) is 16.9. The van der Waals surface area contributed by atoms with E-state index in [1.54, 1.807) is 0 Å². The van der Waals surface area contributed by atoms with Gasteiger partial charge in [0.05, 0.1) is 6.17 Å². The van der Waals surface area contributed by atoms with Crippen molar-refractivity contribution in [3.8, 4) is 0 Å². The molecular formula is C19H32N4O.